The molecule has 0 unspecified atom stereocenters. The van der Waals surface area contributed by atoms with Crippen molar-refractivity contribution in [2.45, 2.75) is 27.2 Å². The van der Waals surface area contributed by atoms with Crippen LogP contribution >= 0.6 is 0 Å². The highest BCUT2D eigenvalue weighted by Crippen LogP contribution is 2.20. The summed E-state index contributed by atoms with van der Waals surface area (Å²) in [5.74, 6) is 0.177. The minimum atomic E-state index is -0.00208. The number of carbonyl (C=O) groups is 1. The maximum Gasteiger partial charge on any atom is 0.254 e. The van der Waals surface area contributed by atoms with Crippen molar-refractivity contribution in [3.63, 3.8) is 0 Å². The Bertz CT molecular complexity index is 374. The summed E-state index contributed by atoms with van der Waals surface area (Å²) in [5, 5.41) is 9.56. The molecule has 16 heavy (non-hydrogen) atoms. The van der Waals surface area contributed by atoms with Crippen LogP contribution in [0.4, 0.5) is 0 Å². The van der Waals surface area contributed by atoms with Crippen LogP contribution in [0.3, 0.4) is 0 Å². The first-order valence-corrected chi connectivity index (χ1v) is 5.69. The highest BCUT2D eigenvalue weighted by molar-refractivity contribution is 5.96. The van der Waals surface area contributed by atoms with Crippen molar-refractivity contribution in [3.8, 4) is 5.75 Å². The fourth-order valence-electron chi connectivity index (χ4n) is 1.70. The van der Waals surface area contributed by atoms with Crippen molar-refractivity contribution in [3.05, 3.63) is 29.3 Å². The number of hydrogen-bond acceptors (Lipinski definition) is 2. The first-order valence-electron chi connectivity index (χ1n) is 5.69. The van der Waals surface area contributed by atoms with Crippen LogP contribution in [0.25, 0.3) is 0 Å². The highest BCUT2D eigenvalue weighted by atomic mass is 16.3. The molecule has 1 N–H and O–H groups in total. The standard InChI is InChI=1S/C13H19NO2/c1-4-9-14(5-2)13(16)11-7-6-8-12(15)10(11)3/h6-8,15H,4-5,9H2,1-3H3. The van der Waals surface area contributed by atoms with Crippen LogP contribution in [0.5, 0.6) is 5.75 Å². The first-order chi connectivity index (χ1) is 7.61. The summed E-state index contributed by atoms with van der Waals surface area (Å²) in [6.07, 6.45) is 0.942. The third kappa shape index (κ3) is 2.54. The molecule has 0 aliphatic carbocycles. The van der Waals surface area contributed by atoms with Crippen molar-refractivity contribution in [2.24, 2.45) is 0 Å². The average molecular weight is 221 g/mol. The van der Waals surface area contributed by atoms with E-state index in [1.165, 1.54) is 0 Å². The van der Waals surface area contributed by atoms with Gasteiger partial charge in [0.15, 0.2) is 0 Å². The zero-order valence-corrected chi connectivity index (χ0v) is 10.2. The number of hydrogen-bond donors (Lipinski definition) is 1. The lowest BCUT2D eigenvalue weighted by atomic mass is 10.1. The predicted molar refractivity (Wildman–Crippen MR) is 64.7 cm³/mol. The van der Waals surface area contributed by atoms with Crippen LogP contribution in [-0.2, 0) is 0 Å². The molecule has 0 saturated carbocycles. The van der Waals surface area contributed by atoms with Gasteiger partial charge in [-0.1, -0.05) is 13.0 Å². The molecule has 0 bridgehead atoms. The minimum absolute atomic E-state index is 0.00208. The maximum absolute atomic E-state index is 12.2. The number of carbonyl (C=O) groups excluding carboxylic acids is 1. The van der Waals surface area contributed by atoms with Crippen LogP contribution < -0.4 is 0 Å². The Kier molecular flexibility index (Phi) is 4.35. The van der Waals surface area contributed by atoms with Crippen molar-refractivity contribution in [1.29, 1.82) is 0 Å². The smallest absolute Gasteiger partial charge is 0.254 e. The average Bonchev–Trinajstić information content (AvgIpc) is 2.29. The van der Waals surface area contributed by atoms with Gasteiger partial charge in [-0.15, -0.1) is 0 Å². The summed E-state index contributed by atoms with van der Waals surface area (Å²) in [6.45, 7) is 7.23. The molecular formula is C13H19NO2. The van der Waals surface area contributed by atoms with Gasteiger partial charge in [0.2, 0.25) is 0 Å². The topological polar surface area (TPSA) is 40.5 Å². The van der Waals surface area contributed by atoms with E-state index < -0.39 is 0 Å². The first kappa shape index (κ1) is 12.6. The molecule has 3 nitrogen and oxygen atoms in total. The van der Waals surface area contributed by atoms with Gasteiger partial charge < -0.3 is 10.0 Å². The van der Waals surface area contributed by atoms with Gasteiger partial charge in [0, 0.05) is 24.2 Å². The SMILES string of the molecule is CCCN(CC)C(=O)c1cccc(O)c1C. The Hall–Kier alpha value is -1.51. The molecule has 1 amide bonds. The molecule has 88 valence electrons. The van der Waals surface area contributed by atoms with E-state index in [2.05, 4.69) is 0 Å². The van der Waals surface area contributed by atoms with E-state index >= 15 is 0 Å². The number of rotatable bonds is 4. The number of amides is 1. The zero-order valence-electron chi connectivity index (χ0n) is 10.2. The maximum atomic E-state index is 12.2. The van der Waals surface area contributed by atoms with Gasteiger partial charge in [-0.3, -0.25) is 4.79 Å². The van der Waals surface area contributed by atoms with Gasteiger partial charge >= 0.3 is 0 Å². The molecule has 0 heterocycles. The molecule has 1 aromatic rings. The Balaban J connectivity index is 2.99. The van der Waals surface area contributed by atoms with E-state index in [-0.39, 0.29) is 11.7 Å². The monoisotopic (exact) mass is 221 g/mol. The predicted octanol–water partition coefficient (Wildman–Crippen LogP) is 2.57. The van der Waals surface area contributed by atoms with Gasteiger partial charge in [-0.05, 0) is 32.4 Å². The summed E-state index contributed by atoms with van der Waals surface area (Å²) in [5.41, 5.74) is 1.25. The second-order valence-corrected chi connectivity index (χ2v) is 3.83. The molecule has 1 aromatic carbocycles. The van der Waals surface area contributed by atoms with E-state index in [9.17, 15) is 9.90 Å². The molecule has 0 radical (unpaired) electrons. The van der Waals surface area contributed by atoms with E-state index in [4.69, 9.17) is 0 Å². The van der Waals surface area contributed by atoms with Crippen LogP contribution in [0, 0.1) is 6.92 Å². The second kappa shape index (κ2) is 5.54. The Morgan fingerprint density at radius 2 is 2.06 bits per heavy atom. The third-order valence-electron chi connectivity index (χ3n) is 2.70. The summed E-state index contributed by atoms with van der Waals surface area (Å²) in [6, 6.07) is 5.06. The molecule has 0 aliphatic heterocycles. The molecule has 0 spiro atoms. The van der Waals surface area contributed by atoms with Crippen molar-refractivity contribution in [2.75, 3.05) is 13.1 Å². The molecule has 1 rings (SSSR count). The van der Waals surface area contributed by atoms with Gasteiger partial charge in [0.05, 0.1) is 0 Å². The van der Waals surface area contributed by atoms with Crippen molar-refractivity contribution < 1.29 is 9.90 Å². The zero-order chi connectivity index (χ0) is 12.1. The summed E-state index contributed by atoms with van der Waals surface area (Å²) in [7, 11) is 0. The minimum Gasteiger partial charge on any atom is -0.508 e. The van der Waals surface area contributed by atoms with Crippen LogP contribution in [0.15, 0.2) is 18.2 Å². The quantitative estimate of drug-likeness (QED) is 0.849. The number of phenolic OH excluding ortho intramolecular Hbond substituents is 1. The van der Waals surface area contributed by atoms with Crippen molar-refractivity contribution in [1.82, 2.24) is 4.90 Å². The Morgan fingerprint density at radius 3 is 2.62 bits per heavy atom. The Morgan fingerprint density at radius 1 is 1.38 bits per heavy atom. The summed E-state index contributed by atoms with van der Waals surface area (Å²) < 4.78 is 0. The van der Waals surface area contributed by atoms with Crippen LogP contribution in [0.2, 0.25) is 0 Å². The highest BCUT2D eigenvalue weighted by Gasteiger charge is 2.16. The molecule has 0 aliphatic rings. The fraction of sp³-hybridized carbons (Fsp3) is 0.462. The molecule has 0 aromatic heterocycles. The Labute approximate surface area is 96.7 Å². The van der Waals surface area contributed by atoms with Crippen LogP contribution in [0.1, 0.15) is 36.2 Å². The largest absolute Gasteiger partial charge is 0.508 e. The van der Waals surface area contributed by atoms with Gasteiger partial charge in [-0.25, -0.2) is 0 Å². The lowest BCUT2D eigenvalue weighted by Crippen LogP contribution is -2.31. The summed E-state index contributed by atoms with van der Waals surface area (Å²) in [4.78, 5) is 13.9. The lowest BCUT2D eigenvalue weighted by Gasteiger charge is -2.21. The molecule has 0 saturated heterocycles. The fourth-order valence-corrected chi connectivity index (χ4v) is 1.70. The number of phenols is 1. The van der Waals surface area contributed by atoms with E-state index in [0.29, 0.717) is 17.7 Å². The normalized spacial score (nSPS) is 10.2. The number of aromatic hydroxyl groups is 1. The summed E-state index contributed by atoms with van der Waals surface area (Å²) >= 11 is 0. The van der Waals surface area contributed by atoms with Gasteiger partial charge in [0.1, 0.15) is 5.75 Å². The van der Waals surface area contributed by atoms with E-state index in [0.717, 1.165) is 13.0 Å². The van der Waals surface area contributed by atoms with E-state index in [1.54, 1.807) is 30.0 Å². The second-order valence-electron chi connectivity index (χ2n) is 3.83. The number of benzene rings is 1. The molecule has 0 fully saturated rings. The molecular weight excluding hydrogens is 202 g/mol. The lowest BCUT2D eigenvalue weighted by molar-refractivity contribution is 0.0763. The van der Waals surface area contributed by atoms with Crippen LogP contribution in [-0.4, -0.2) is 29.0 Å². The van der Waals surface area contributed by atoms with Gasteiger partial charge in [0.25, 0.3) is 5.91 Å². The number of nitrogens with zero attached hydrogens (tertiary/aromatic N) is 1. The van der Waals surface area contributed by atoms with E-state index in [1.807, 2.05) is 13.8 Å². The van der Waals surface area contributed by atoms with Crippen molar-refractivity contribution >= 4 is 5.91 Å². The molecule has 0 atom stereocenters. The molecule has 3 heteroatoms. The third-order valence-corrected chi connectivity index (χ3v) is 2.70. The van der Waals surface area contributed by atoms with Gasteiger partial charge in [-0.2, -0.15) is 0 Å².